The third-order valence-corrected chi connectivity index (χ3v) is 5.73. The Bertz CT molecular complexity index is 334. The van der Waals surface area contributed by atoms with Gasteiger partial charge in [0.05, 0.1) is 5.69 Å². The van der Waals surface area contributed by atoms with Crippen LogP contribution >= 0.6 is 0 Å². The highest BCUT2D eigenvalue weighted by molar-refractivity contribution is 6.60. The molecule has 0 fully saturated rings. The summed E-state index contributed by atoms with van der Waals surface area (Å²) in [5, 5.41) is 8.20. The van der Waals surface area contributed by atoms with Crippen LogP contribution in [0.5, 0.6) is 0 Å². The van der Waals surface area contributed by atoms with Crippen LogP contribution in [0.4, 0.5) is 0 Å². The second-order valence-electron chi connectivity index (χ2n) is 4.12. The van der Waals surface area contributed by atoms with E-state index in [2.05, 4.69) is 17.2 Å². The van der Waals surface area contributed by atoms with Gasteiger partial charge in [0.25, 0.3) is 0 Å². The standard InChI is InChI=1S/C11H23N3O3Si/c1-5-7-11-10-14(13-12-11)8-6-9-18(15-2,16-3)17-4/h10H,5-9H2,1-4H3. The Hall–Kier alpha value is -0.763. The Morgan fingerprint density at radius 1 is 1.22 bits per heavy atom. The Morgan fingerprint density at radius 2 is 1.89 bits per heavy atom. The molecule has 0 bridgehead atoms. The molecular weight excluding hydrogens is 250 g/mol. The summed E-state index contributed by atoms with van der Waals surface area (Å²) in [6.45, 7) is 2.94. The van der Waals surface area contributed by atoms with Gasteiger partial charge in [-0.3, -0.25) is 4.68 Å². The molecule has 104 valence electrons. The maximum absolute atomic E-state index is 5.37. The summed E-state index contributed by atoms with van der Waals surface area (Å²) < 4.78 is 18.0. The molecule has 0 amide bonds. The summed E-state index contributed by atoms with van der Waals surface area (Å²) in [5.74, 6) is 0. The van der Waals surface area contributed by atoms with Gasteiger partial charge in [0.15, 0.2) is 0 Å². The minimum atomic E-state index is -2.44. The Labute approximate surface area is 110 Å². The molecule has 7 heteroatoms. The molecule has 1 heterocycles. The van der Waals surface area contributed by atoms with E-state index in [1.54, 1.807) is 21.3 Å². The van der Waals surface area contributed by atoms with Gasteiger partial charge >= 0.3 is 8.80 Å². The van der Waals surface area contributed by atoms with E-state index < -0.39 is 8.80 Å². The topological polar surface area (TPSA) is 58.4 Å². The normalized spacial score (nSPS) is 12.0. The van der Waals surface area contributed by atoms with E-state index in [9.17, 15) is 0 Å². The van der Waals surface area contributed by atoms with Crippen LogP contribution in [-0.2, 0) is 26.2 Å². The first-order valence-corrected chi connectivity index (χ1v) is 8.17. The highest BCUT2D eigenvalue weighted by atomic mass is 28.4. The van der Waals surface area contributed by atoms with E-state index in [1.807, 2.05) is 10.9 Å². The lowest BCUT2D eigenvalue weighted by molar-refractivity contribution is 0.122. The van der Waals surface area contributed by atoms with Gasteiger partial charge in [-0.15, -0.1) is 5.10 Å². The first-order chi connectivity index (χ1) is 8.69. The largest absolute Gasteiger partial charge is 0.500 e. The van der Waals surface area contributed by atoms with Crippen molar-refractivity contribution in [3.05, 3.63) is 11.9 Å². The van der Waals surface area contributed by atoms with E-state index in [0.717, 1.165) is 37.5 Å². The second-order valence-corrected chi connectivity index (χ2v) is 7.21. The zero-order valence-electron chi connectivity index (χ0n) is 11.7. The first kappa shape index (κ1) is 15.3. The summed E-state index contributed by atoms with van der Waals surface area (Å²) in [6.07, 6.45) is 4.97. The SMILES string of the molecule is CCCc1cn(CCC[Si](OC)(OC)OC)nn1. The minimum Gasteiger partial charge on any atom is -0.377 e. The predicted molar refractivity (Wildman–Crippen MR) is 70.2 cm³/mol. The Kier molecular flexibility index (Phi) is 6.48. The molecular formula is C11H23N3O3Si. The Balaban J connectivity index is 2.40. The van der Waals surface area contributed by atoms with Gasteiger partial charge in [0.2, 0.25) is 0 Å². The van der Waals surface area contributed by atoms with E-state index in [-0.39, 0.29) is 0 Å². The number of hydrogen-bond donors (Lipinski definition) is 0. The zero-order valence-corrected chi connectivity index (χ0v) is 12.7. The molecule has 0 radical (unpaired) electrons. The molecule has 6 nitrogen and oxygen atoms in total. The highest BCUT2D eigenvalue weighted by Gasteiger charge is 2.36. The van der Waals surface area contributed by atoms with Crippen molar-refractivity contribution in [3.63, 3.8) is 0 Å². The molecule has 0 N–H and O–H groups in total. The van der Waals surface area contributed by atoms with Gasteiger partial charge in [0, 0.05) is 40.1 Å². The van der Waals surface area contributed by atoms with Crippen molar-refractivity contribution in [2.45, 2.75) is 38.8 Å². The van der Waals surface area contributed by atoms with Gasteiger partial charge < -0.3 is 13.3 Å². The smallest absolute Gasteiger partial charge is 0.377 e. The first-order valence-electron chi connectivity index (χ1n) is 6.24. The fraction of sp³-hybridized carbons (Fsp3) is 0.818. The molecule has 0 aromatic carbocycles. The molecule has 0 atom stereocenters. The van der Waals surface area contributed by atoms with Crippen molar-refractivity contribution in [2.75, 3.05) is 21.3 Å². The summed E-state index contributed by atoms with van der Waals surface area (Å²) in [6, 6.07) is 0.777. The van der Waals surface area contributed by atoms with Crippen LogP contribution in [0.3, 0.4) is 0 Å². The van der Waals surface area contributed by atoms with Gasteiger partial charge in [-0.2, -0.15) is 0 Å². The fourth-order valence-electron chi connectivity index (χ4n) is 1.83. The van der Waals surface area contributed by atoms with Gasteiger partial charge in [-0.05, 0) is 12.8 Å². The molecule has 0 aliphatic heterocycles. The minimum absolute atomic E-state index is 0.777. The average Bonchev–Trinajstić information content (AvgIpc) is 2.84. The van der Waals surface area contributed by atoms with Crippen LogP contribution in [0.25, 0.3) is 0 Å². The van der Waals surface area contributed by atoms with Crippen molar-refractivity contribution in [1.82, 2.24) is 15.0 Å². The van der Waals surface area contributed by atoms with Gasteiger partial charge in [-0.1, -0.05) is 18.6 Å². The van der Waals surface area contributed by atoms with E-state index >= 15 is 0 Å². The number of hydrogen-bond acceptors (Lipinski definition) is 5. The third kappa shape index (κ3) is 4.16. The van der Waals surface area contributed by atoms with Crippen LogP contribution in [0.2, 0.25) is 6.04 Å². The van der Waals surface area contributed by atoms with Crippen molar-refractivity contribution >= 4 is 8.80 Å². The summed E-state index contributed by atoms with van der Waals surface area (Å²) >= 11 is 0. The second kappa shape index (κ2) is 7.62. The molecule has 0 saturated heterocycles. The van der Waals surface area contributed by atoms with E-state index in [1.165, 1.54) is 0 Å². The Morgan fingerprint density at radius 3 is 2.44 bits per heavy atom. The summed E-state index contributed by atoms with van der Waals surface area (Å²) in [4.78, 5) is 0. The lowest BCUT2D eigenvalue weighted by Crippen LogP contribution is -2.42. The molecule has 0 aliphatic rings. The van der Waals surface area contributed by atoms with Crippen LogP contribution in [0, 0.1) is 0 Å². The van der Waals surface area contributed by atoms with Crippen LogP contribution in [0.15, 0.2) is 6.20 Å². The lowest BCUT2D eigenvalue weighted by atomic mass is 10.3. The van der Waals surface area contributed by atoms with Crippen LogP contribution in [0.1, 0.15) is 25.5 Å². The quantitative estimate of drug-likeness (QED) is 0.638. The van der Waals surface area contributed by atoms with Crippen LogP contribution < -0.4 is 0 Å². The lowest BCUT2D eigenvalue weighted by Gasteiger charge is -2.24. The average molecular weight is 273 g/mol. The van der Waals surface area contributed by atoms with Crippen molar-refractivity contribution in [1.29, 1.82) is 0 Å². The third-order valence-electron chi connectivity index (χ3n) is 2.90. The molecule has 1 rings (SSSR count). The van der Waals surface area contributed by atoms with Crippen LogP contribution in [-0.4, -0.2) is 45.1 Å². The summed E-state index contributed by atoms with van der Waals surface area (Å²) in [7, 11) is 2.46. The number of aryl methyl sites for hydroxylation is 2. The van der Waals surface area contributed by atoms with Crippen molar-refractivity contribution < 1.29 is 13.3 Å². The molecule has 18 heavy (non-hydrogen) atoms. The molecule has 0 aliphatic carbocycles. The molecule has 1 aromatic heterocycles. The zero-order chi connectivity index (χ0) is 13.4. The van der Waals surface area contributed by atoms with E-state index in [0.29, 0.717) is 0 Å². The fourth-order valence-corrected chi connectivity index (χ4v) is 3.54. The maximum atomic E-state index is 5.37. The number of nitrogens with zero attached hydrogens (tertiary/aromatic N) is 3. The highest BCUT2D eigenvalue weighted by Crippen LogP contribution is 2.15. The van der Waals surface area contributed by atoms with Gasteiger partial charge in [0.1, 0.15) is 0 Å². The van der Waals surface area contributed by atoms with Crippen molar-refractivity contribution in [3.8, 4) is 0 Å². The molecule has 0 spiro atoms. The number of aromatic nitrogens is 3. The van der Waals surface area contributed by atoms with Crippen molar-refractivity contribution in [2.24, 2.45) is 0 Å². The van der Waals surface area contributed by atoms with E-state index in [4.69, 9.17) is 13.3 Å². The van der Waals surface area contributed by atoms with Gasteiger partial charge in [-0.25, -0.2) is 0 Å². The monoisotopic (exact) mass is 273 g/mol. The maximum Gasteiger partial charge on any atom is 0.500 e. The molecule has 0 saturated carbocycles. The number of rotatable bonds is 9. The molecule has 1 aromatic rings. The predicted octanol–water partition coefficient (Wildman–Crippen LogP) is 1.50. The molecule has 0 unspecified atom stereocenters. The summed E-state index contributed by atoms with van der Waals surface area (Å²) in [5.41, 5.74) is 1.05.